The lowest BCUT2D eigenvalue weighted by Crippen LogP contribution is -1.91. The Kier molecular flexibility index (Phi) is 2.19. The van der Waals surface area contributed by atoms with E-state index >= 15 is 0 Å². The molecule has 0 N–H and O–H groups in total. The van der Waals surface area contributed by atoms with Crippen LogP contribution >= 0.6 is 0 Å². The first kappa shape index (κ1) is 9.71. The van der Waals surface area contributed by atoms with Gasteiger partial charge in [0, 0.05) is 18.8 Å². The Hall–Kier alpha value is -1.84. The average Bonchev–Trinajstić information content (AvgIpc) is 2.55. The summed E-state index contributed by atoms with van der Waals surface area (Å²) in [4.78, 5) is 10.8. The van der Waals surface area contributed by atoms with Gasteiger partial charge in [-0.2, -0.15) is 0 Å². The number of aldehydes is 1. The van der Waals surface area contributed by atoms with E-state index in [2.05, 4.69) is 0 Å². The highest BCUT2D eigenvalue weighted by atomic mass is 19.1. The smallest absolute Gasteiger partial charge is 0.165 e. The summed E-state index contributed by atoms with van der Waals surface area (Å²) in [6, 6.07) is 2.95. The number of hydrogen-bond acceptors (Lipinski definition) is 2. The van der Waals surface area contributed by atoms with E-state index in [-0.39, 0.29) is 5.75 Å². The molecule has 0 radical (unpaired) electrons. The Balaban J connectivity index is 2.94. The number of carbonyl (C=O) groups excluding carboxylic acids is 1. The summed E-state index contributed by atoms with van der Waals surface area (Å²) in [5.41, 5.74) is 1.21. The van der Waals surface area contributed by atoms with Crippen molar-refractivity contribution in [3.05, 3.63) is 29.7 Å². The first-order valence-corrected chi connectivity index (χ1v) is 4.45. The Morgan fingerprint density at radius 1 is 1.47 bits per heavy atom. The number of methoxy groups -OCH3 is 1. The molecular formula is C11H10FNO2. The molecule has 4 heteroatoms. The summed E-state index contributed by atoms with van der Waals surface area (Å²) >= 11 is 0. The maximum Gasteiger partial charge on any atom is 0.165 e. The minimum Gasteiger partial charge on any atom is -0.493 e. The topological polar surface area (TPSA) is 31.2 Å². The molecule has 15 heavy (non-hydrogen) atoms. The number of rotatable bonds is 2. The van der Waals surface area contributed by atoms with E-state index in [1.807, 2.05) is 0 Å². The van der Waals surface area contributed by atoms with E-state index in [1.165, 1.54) is 13.2 Å². The molecule has 1 heterocycles. The second-order valence-electron chi connectivity index (χ2n) is 3.29. The molecule has 0 fully saturated rings. The van der Waals surface area contributed by atoms with Crippen LogP contribution in [-0.2, 0) is 7.05 Å². The molecule has 2 rings (SSSR count). The van der Waals surface area contributed by atoms with Crippen molar-refractivity contribution in [3.8, 4) is 5.75 Å². The zero-order valence-corrected chi connectivity index (χ0v) is 8.45. The normalized spacial score (nSPS) is 10.6. The second kappa shape index (κ2) is 3.38. The number of ether oxygens (including phenoxy) is 1. The van der Waals surface area contributed by atoms with E-state index in [0.29, 0.717) is 17.2 Å². The summed E-state index contributed by atoms with van der Waals surface area (Å²) in [5, 5.41) is 0.523. The highest BCUT2D eigenvalue weighted by Gasteiger charge is 2.14. The van der Waals surface area contributed by atoms with Crippen molar-refractivity contribution >= 4 is 17.2 Å². The second-order valence-corrected chi connectivity index (χ2v) is 3.29. The molecule has 0 amide bonds. The molecule has 0 aliphatic heterocycles. The van der Waals surface area contributed by atoms with Gasteiger partial charge in [0.25, 0.3) is 0 Å². The maximum atomic E-state index is 13.4. The SMILES string of the molecule is COc1c(F)ccc2c1c(C=O)cn2C. The number of benzene rings is 1. The monoisotopic (exact) mass is 207 g/mol. The molecule has 2 aromatic rings. The van der Waals surface area contributed by atoms with Gasteiger partial charge in [-0.1, -0.05) is 0 Å². The number of aromatic nitrogens is 1. The van der Waals surface area contributed by atoms with Crippen LogP contribution in [0.25, 0.3) is 10.9 Å². The van der Waals surface area contributed by atoms with Gasteiger partial charge in [-0.15, -0.1) is 0 Å². The number of carbonyl (C=O) groups is 1. The third kappa shape index (κ3) is 1.29. The zero-order valence-electron chi connectivity index (χ0n) is 8.45. The summed E-state index contributed by atoms with van der Waals surface area (Å²) in [6.07, 6.45) is 2.35. The number of aryl methyl sites for hydroxylation is 1. The van der Waals surface area contributed by atoms with Crippen LogP contribution in [0.1, 0.15) is 10.4 Å². The molecule has 1 aromatic carbocycles. The Morgan fingerprint density at radius 3 is 2.80 bits per heavy atom. The fourth-order valence-corrected chi connectivity index (χ4v) is 1.75. The van der Waals surface area contributed by atoms with Crippen LogP contribution in [0, 0.1) is 5.82 Å². The van der Waals surface area contributed by atoms with Crippen molar-refractivity contribution in [2.45, 2.75) is 0 Å². The van der Waals surface area contributed by atoms with Crippen LogP contribution in [0.4, 0.5) is 4.39 Å². The summed E-state index contributed by atoms with van der Waals surface area (Å²) in [5.74, 6) is -0.338. The fourth-order valence-electron chi connectivity index (χ4n) is 1.75. The fraction of sp³-hybridized carbons (Fsp3) is 0.182. The largest absolute Gasteiger partial charge is 0.493 e. The van der Waals surface area contributed by atoms with Crippen LogP contribution in [0.5, 0.6) is 5.75 Å². The van der Waals surface area contributed by atoms with E-state index < -0.39 is 5.82 Å². The molecule has 0 unspecified atom stereocenters. The van der Waals surface area contributed by atoms with Crippen molar-refractivity contribution in [2.75, 3.05) is 7.11 Å². The minimum absolute atomic E-state index is 0.121. The van der Waals surface area contributed by atoms with Crippen LogP contribution < -0.4 is 4.74 Å². The van der Waals surface area contributed by atoms with Crippen molar-refractivity contribution in [1.82, 2.24) is 4.57 Å². The highest BCUT2D eigenvalue weighted by Crippen LogP contribution is 2.31. The van der Waals surface area contributed by atoms with Crippen LogP contribution in [-0.4, -0.2) is 18.0 Å². The molecule has 0 bridgehead atoms. The molecule has 78 valence electrons. The Morgan fingerprint density at radius 2 is 2.20 bits per heavy atom. The van der Waals surface area contributed by atoms with Crippen LogP contribution in [0.3, 0.4) is 0 Å². The van der Waals surface area contributed by atoms with Gasteiger partial charge in [-0.25, -0.2) is 4.39 Å². The van der Waals surface area contributed by atoms with Gasteiger partial charge in [-0.3, -0.25) is 4.79 Å². The molecule has 0 atom stereocenters. The van der Waals surface area contributed by atoms with Crippen LogP contribution in [0.15, 0.2) is 18.3 Å². The van der Waals surface area contributed by atoms with Crippen molar-refractivity contribution in [1.29, 1.82) is 0 Å². The lowest BCUT2D eigenvalue weighted by atomic mass is 10.1. The van der Waals surface area contributed by atoms with Crippen LogP contribution in [0.2, 0.25) is 0 Å². The Labute approximate surface area is 86.1 Å². The third-order valence-corrected chi connectivity index (χ3v) is 2.42. The van der Waals surface area contributed by atoms with Gasteiger partial charge in [0.05, 0.1) is 18.0 Å². The highest BCUT2D eigenvalue weighted by molar-refractivity contribution is 6.01. The van der Waals surface area contributed by atoms with E-state index in [4.69, 9.17) is 4.74 Å². The molecule has 0 aliphatic carbocycles. The predicted octanol–water partition coefficient (Wildman–Crippen LogP) is 2.14. The molecule has 0 saturated carbocycles. The lowest BCUT2D eigenvalue weighted by Gasteiger charge is -2.04. The van der Waals surface area contributed by atoms with Crippen molar-refractivity contribution in [3.63, 3.8) is 0 Å². The first-order chi connectivity index (χ1) is 7.19. The molecule has 0 spiro atoms. The predicted molar refractivity (Wildman–Crippen MR) is 54.8 cm³/mol. The maximum absolute atomic E-state index is 13.4. The van der Waals surface area contributed by atoms with E-state index in [1.54, 1.807) is 23.9 Å². The first-order valence-electron chi connectivity index (χ1n) is 4.45. The van der Waals surface area contributed by atoms with Gasteiger partial charge >= 0.3 is 0 Å². The summed E-state index contributed by atoms with van der Waals surface area (Å²) in [7, 11) is 3.19. The molecule has 0 saturated heterocycles. The molecule has 3 nitrogen and oxygen atoms in total. The molecule has 0 aliphatic rings. The number of nitrogens with zero attached hydrogens (tertiary/aromatic N) is 1. The average molecular weight is 207 g/mol. The lowest BCUT2D eigenvalue weighted by molar-refractivity contribution is 0.112. The van der Waals surface area contributed by atoms with Crippen molar-refractivity contribution < 1.29 is 13.9 Å². The quantitative estimate of drug-likeness (QED) is 0.706. The summed E-state index contributed by atoms with van der Waals surface area (Å²) < 4.78 is 20.1. The van der Waals surface area contributed by atoms with Crippen molar-refractivity contribution in [2.24, 2.45) is 7.05 Å². The Bertz CT molecular complexity index is 531. The van der Waals surface area contributed by atoms with E-state index in [9.17, 15) is 9.18 Å². The molecular weight excluding hydrogens is 197 g/mol. The van der Waals surface area contributed by atoms with Gasteiger partial charge in [0.15, 0.2) is 17.9 Å². The number of fused-ring (bicyclic) bond motifs is 1. The zero-order chi connectivity index (χ0) is 11.0. The van der Waals surface area contributed by atoms with Gasteiger partial charge in [0.1, 0.15) is 0 Å². The third-order valence-electron chi connectivity index (χ3n) is 2.42. The van der Waals surface area contributed by atoms with Gasteiger partial charge in [0.2, 0.25) is 0 Å². The van der Waals surface area contributed by atoms with E-state index in [0.717, 1.165) is 5.52 Å². The standard InChI is InChI=1S/C11H10FNO2/c1-13-5-7(6-14)10-9(13)4-3-8(12)11(10)15-2/h3-6H,1-2H3. The summed E-state index contributed by atoms with van der Waals surface area (Å²) in [6.45, 7) is 0. The molecule has 1 aromatic heterocycles. The van der Waals surface area contributed by atoms with Gasteiger partial charge in [-0.05, 0) is 12.1 Å². The minimum atomic E-state index is -0.459. The number of hydrogen-bond donors (Lipinski definition) is 0. The number of halogens is 1. The van der Waals surface area contributed by atoms with Gasteiger partial charge < -0.3 is 9.30 Å².